The Kier molecular flexibility index (Phi) is 1.46. The van der Waals surface area contributed by atoms with Gasteiger partial charge in [-0.3, -0.25) is 0 Å². The number of allylic oxidation sites excluding steroid dienone is 6. The highest BCUT2D eigenvalue weighted by Gasteiger charge is 2.62. The molecule has 0 saturated carbocycles. The highest BCUT2D eigenvalue weighted by atomic mass is 79.9. The van der Waals surface area contributed by atoms with E-state index in [1.165, 1.54) is 0 Å². The second-order valence-corrected chi connectivity index (χ2v) is 7.32. The second-order valence-electron chi connectivity index (χ2n) is 3.91. The number of rotatable bonds is 0. The van der Waals surface area contributed by atoms with Gasteiger partial charge in [-0.05, 0) is 0 Å². The lowest BCUT2D eigenvalue weighted by Crippen LogP contribution is -2.39. The van der Waals surface area contributed by atoms with Crippen molar-refractivity contribution in [2.24, 2.45) is 5.92 Å². The SMILES string of the molecule is ClC12C=CC3(Br)C=CC(Br)(C=C1)C23. The Morgan fingerprint density at radius 1 is 0.846 bits per heavy atom. The van der Waals surface area contributed by atoms with Crippen molar-refractivity contribution >= 4 is 43.5 Å². The molecule has 0 aromatic carbocycles. The molecule has 13 heavy (non-hydrogen) atoms. The largest absolute Gasteiger partial charge is 0.110 e. The van der Waals surface area contributed by atoms with Gasteiger partial charge in [0.25, 0.3) is 0 Å². The van der Waals surface area contributed by atoms with E-state index >= 15 is 0 Å². The third kappa shape index (κ3) is 0.877. The van der Waals surface area contributed by atoms with Gasteiger partial charge in [-0.15, -0.1) is 11.6 Å². The van der Waals surface area contributed by atoms with Crippen molar-refractivity contribution in [1.82, 2.24) is 0 Å². The van der Waals surface area contributed by atoms with E-state index in [0.29, 0.717) is 5.92 Å². The third-order valence-corrected chi connectivity index (χ3v) is 5.55. The highest BCUT2D eigenvalue weighted by molar-refractivity contribution is 9.11. The zero-order valence-corrected chi connectivity index (χ0v) is 10.6. The average Bonchev–Trinajstić information content (AvgIpc) is 2.58. The average molecular weight is 322 g/mol. The van der Waals surface area contributed by atoms with Crippen LogP contribution in [-0.2, 0) is 0 Å². The molecule has 0 fully saturated rings. The van der Waals surface area contributed by atoms with E-state index in [1.807, 2.05) is 0 Å². The molecule has 3 aliphatic rings. The van der Waals surface area contributed by atoms with Gasteiger partial charge in [-0.25, -0.2) is 0 Å². The molecule has 0 N–H and O–H groups in total. The normalized spacial score (nSPS) is 60.7. The Bertz CT molecular complexity index is 292. The van der Waals surface area contributed by atoms with Crippen LogP contribution in [0, 0.1) is 5.92 Å². The molecule has 3 aliphatic carbocycles. The summed E-state index contributed by atoms with van der Waals surface area (Å²) in [7, 11) is 0. The Morgan fingerprint density at radius 2 is 1.23 bits per heavy atom. The Balaban J connectivity index is 2.25. The van der Waals surface area contributed by atoms with Gasteiger partial charge in [0.1, 0.15) is 0 Å². The molecule has 3 heteroatoms. The number of hydrogen-bond donors (Lipinski definition) is 0. The van der Waals surface area contributed by atoms with E-state index in [4.69, 9.17) is 11.6 Å². The summed E-state index contributed by atoms with van der Waals surface area (Å²) in [5, 5.41) is 0. The summed E-state index contributed by atoms with van der Waals surface area (Å²) < 4.78 is -0.108. The molecule has 0 nitrogen and oxygen atoms in total. The molecule has 2 atom stereocenters. The molecule has 0 aliphatic heterocycles. The lowest BCUT2D eigenvalue weighted by Gasteiger charge is -2.32. The molecule has 0 spiro atoms. The maximum absolute atomic E-state index is 6.50. The summed E-state index contributed by atoms with van der Waals surface area (Å²) in [6.07, 6.45) is 12.8. The Morgan fingerprint density at radius 3 is 1.69 bits per heavy atom. The first-order valence-electron chi connectivity index (χ1n) is 4.17. The highest BCUT2D eigenvalue weighted by Crippen LogP contribution is 2.63. The maximum atomic E-state index is 6.50. The minimum absolute atomic E-state index is 0.0538. The van der Waals surface area contributed by atoms with Gasteiger partial charge in [0.2, 0.25) is 0 Å². The van der Waals surface area contributed by atoms with Crippen LogP contribution in [0.3, 0.4) is 0 Å². The molecule has 3 rings (SSSR count). The van der Waals surface area contributed by atoms with Gasteiger partial charge in [-0.1, -0.05) is 68.3 Å². The van der Waals surface area contributed by atoms with Gasteiger partial charge in [0.15, 0.2) is 0 Å². The van der Waals surface area contributed by atoms with Gasteiger partial charge >= 0.3 is 0 Å². The van der Waals surface area contributed by atoms with Crippen LogP contribution >= 0.6 is 43.5 Å². The lowest BCUT2D eigenvalue weighted by molar-refractivity contribution is 0.501. The van der Waals surface area contributed by atoms with E-state index in [9.17, 15) is 0 Å². The molecular weight excluding hydrogens is 315 g/mol. The van der Waals surface area contributed by atoms with E-state index in [2.05, 4.69) is 68.3 Å². The Labute approximate surface area is 99.0 Å². The summed E-state index contributed by atoms with van der Waals surface area (Å²) in [6, 6.07) is 0. The first-order valence-corrected chi connectivity index (χ1v) is 6.13. The van der Waals surface area contributed by atoms with Crippen molar-refractivity contribution in [3.8, 4) is 0 Å². The minimum atomic E-state index is -0.309. The molecule has 0 amide bonds. The molecule has 0 aromatic rings. The van der Waals surface area contributed by atoms with Crippen molar-refractivity contribution in [3.05, 3.63) is 36.5 Å². The molecule has 0 aromatic heterocycles. The summed E-state index contributed by atoms with van der Waals surface area (Å²) in [4.78, 5) is -0.309. The molecule has 68 valence electrons. The van der Waals surface area contributed by atoms with Crippen molar-refractivity contribution in [1.29, 1.82) is 0 Å². The van der Waals surface area contributed by atoms with Gasteiger partial charge in [0, 0.05) is 5.92 Å². The van der Waals surface area contributed by atoms with Crippen LogP contribution in [0.15, 0.2) is 36.5 Å². The zero-order chi connectivity index (χ0) is 9.32. The molecular formula is C10H7Br2Cl. The van der Waals surface area contributed by atoms with Crippen molar-refractivity contribution in [2.75, 3.05) is 0 Å². The summed E-state index contributed by atoms with van der Waals surface area (Å²) in [5.74, 6) is 0.328. The standard InChI is InChI=1S/C10H7Br2Cl/c11-8-1-2-9(12)4-6-10(13,5-3-8)7(8)9/h1-7H. The predicted molar refractivity (Wildman–Crippen MR) is 62.8 cm³/mol. The third-order valence-electron chi connectivity index (χ3n) is 3.11. The van der Waals surface area contributed by atoms with Crippen LogP contribution in [0.25, 0.3) is 0 Å². The summed E-state index contributed by atoms with van der Waals surface area (Å²) in [6.45, 7) is 0. The van der Waals surface area contributed by atoms with Crippen LogP contribution in [0.5, 0.6) is 0 Å². The smallest absolute Gasteiger partial charge is 0.0874 e. The van der Waals surface area contributed by atoms with Gasteiger partial charge in [-0.2, -0.15) is 0 Å². The lowest BCUT2D eigenvalue weighted by atomic mass is 9.88. The van der Waals surface area contributed by atoms with Crippen LogP contribution in [0.2, 0.25) is 0 Å². The molecule has 0 bridgehead atoms. The monoisotopic (exact) mass is 320 g/mol. The minimum Gasteiger partial charge on any atom is -0.110 e. The summed E-state index contributed by atoms with van der Waals surface area (Å²) in [5.41, 5.74) is 0. The van der Waals surface area contributed by atoms with E-state index in [-0.39, 0.29) is 13.5 Å². The molecule has 0 heterocycles. The fraction of sp³-hybridized carbons (Fsp3) is 0.400. The van der Waals surface area contributed by atoms with Crippen molar-refractivity contribution in [3.63, 3.8) is 0 Å². The number of halogens is 3. The van der Waals surface area contributed by atoms with Crippen LogP contribution in [0.1, 0.15) is 0 Å². The van der Waals surface area contributed by atoms with Crippen molar-refractivity contribution in [2.45, 2.75) is 13.5 Å². The van der Waals surface area contributed by atoms with Crippen LogP contribution < -0.4 is 0 Å². The zero-order valence-electron chi connectivity index (χ0n) is 6.68. The molecule has 0 radical (unpaired) electrons. The topological polar surface area (TPSA) is 0 Å². The van der Waals surface area contributed by atoms with Gasteiger partial charge < -0.3 is 0 Å². The maximum Gasteiger partial charge on any atom is 0.0874 e. The summed E-state index contributed by atoms with van der Waals surface area (Å²) >= 11 is 14.0. The first kappa shape index (κ1) is 8.75. The predicted octanol–water partition coefficient (Wildman–Crippen LogP) is 3.56. The van der Waals surface area contributed by atoms with E-state index < -0.39 is 0 Å². The fourth-order valence-electron chi connectivity index (χ4n) is 2.53. The number of hydrogen-bond acceptors (Lipinski definition) is 0. The Hall–Kier alpha value is 0.470. The number of alkyl halides is 3. The quantitative estimate of drug-likeness (QED) is 0.472. The van der Waals surface area contributed by atoms with Crippen molar-refractivity contribution < 1.29 is 0 Å². The molecule has 0 saturated heterocycles. The van der Waals surface area contributed by atoms with Crippen LogP contribution in [0.4, 0.5) is 0 Å². The first-order chi connectivity index (χ1) is 5.99. The van der Waals surface area contributed by atoms with Crippen LogP contribution in [-0.4, -0.2) is 13.5 Å². The van der Waals surface area contributed by atoms with E-state index in [1.54, 1.807) is 0 Å². The van der Waals surface area contributed by atoms with Gasteiger partial charge in [0.05, 0.1) is 13.5 Å². The van der Waals surface area contributed by atoms with E-state index in [0.717, 1.165) is 0 Å². The molecule has 2 unspecified atom stereocenters. The second kappa shape index (κ2) is 2.17. The fourth-order valence-corrected chi connectivity index (χ4v) is 5.63.